The van der Waals surface area contributed by atoms with Crippen molar-refractivity contribution in [2.45, 2.75) is 40.2 Å². The van der Waals surface area contributed by atoms with Gasteiger partial charge >= 0.3 is 0 Å². The quantitative estimate of drug-likeness (QED) is 0.886. The van der Waals surface area contributed by atoms with E-state index in [1.807, 2.05) is 17.0 Å². The number of carbonyl (C=O) groups is 1. The van der Waals surface area contributed by atoms with Crippen LogP contribution < -0.4 is 10.2 Å². The summed E-state index contributed by atoms with van der Waals surface area (Å²) in [5.41, 5.74) is 2.50. The van der Waals surface area contributed by atoms with E-state index in [9.17, 15) is 4.79 Å². The number of hydrogen-bond donors (Lipinski definition) is 1. The van der Waals surface area contributed by atoms with Gasteiger partial charge in [0, 0.05) is 31.7 Å². The maximum absolute atomic E-state index is 12.5. The summed E-state index contributed by atoms with van der Waals surface area (Å²) in [5, 5.41) is 3.37. The molecule has 3 nitrogen and oxygen atoms in total. The van der Waals surface area contributed by atoms with Crippen molar-refractivity contribution in [2.75, 3.05) is 18.0 Å². The second kappa shape index (κ2) is 5.74. The van der Waals surface area contributed by atoms with Crippen molar-refractivity contribution < 1.29 is 4.79 Å². The first-order chi connectivity index (χ1) is 8.97. The van der Waals surface area contributed by atoms with E-state index in [0.717, 1.165) is 31.7 Å². The van der Waals surface area contributed by atoms with Gasteiger partial charge in [0.15, 0.2) is 0 Å². The van der Waals surface area contributed by atoms with Gasteiger partial charge in [-0.05, 0) is 23.5 Å². The first-order valence-corrected chi connectivity index (χ1v) is 7.06. The smallest absolute Gasteiger partial charge is 0.227 e. The van der Waals surface area contributed by atoms with Crippen LogP contribution in [0.25, 0.3) is 0 Å². The zero-order valence-corrected chi connectivity index (χ0v) is 12.2. The highest BCUT2D eigenvalue weighted by Gasteiger charge is 2.22. The number of para-hydroxylation sites is 1. The molecule has 0 aliphatic carbocycles. The summed E-state index contributed by atoms with van der Waals surface area (Å²) in [6, 6.07) is 8.19. The van der Waals surface area contributed by atoms with Gasteiger partial charge in [-0.15, -0.1) is 0 Å². The molecule has 0 radical (unpaired) electrons. The van der Waals surface area contributed by atoms with Gasteiger partial charge in [0.2, 0.25) is 5.91 Å². The largest absolute Gasteiger partial charge is 0.311 e. The Morgan fingerprint density at radius 1 is 1.32 bits per heavy atom. The molecule has 0 unspecified atom stereocenters. The summed E-state index contributed by atoms with van der Waals surface area (Å²) in [4.78, 5) is 14.4. The Kier molecular flexibility index (Phi) is 4.25. The van der Waals surface area contributed by atoms with E-state index in [2.05, 4.69) is 38.2 Å². The average Bonchev–Trinajstić information content (AvgIpc) is 2.57. The normalized spacial score (nSPS) is 15.8. The Morgan fingerprint density at radius 3 is 2.79 bits per heavy atom. The van der Waals surface area contributed by atoms with Crippen LogP contribution in [0.4, 0.5) is 5.69 Å². The van der Waals surface area contributed by atoms with Gasteiger partial charge < -0.3 is 10.2 Å². The van der Waals surface area contributed by atoms with Gasteiger partial charge in [-0.1, -0.05) is 39.0 Å². The van der Waals surface area contributed by atoms with E-state index in [0.29, 0.717) is 6.42 Å². The second-order valence-corrected chi connectivity index (χ2v) is 6.41. The lowest BCUT2D eigenvalue weighted by molar-refractivity contribution is -0.119. The lowest BCUT2D eigenvalue weighted by Gasteiger charge is -2.25. The van der Waals surface area contributed by atoms with E-state index in [1.54, 1.807) is 0 Å². The summed E-state index contributed by atoms with van der Waals surface area (Å²) in [5.74, 6) is 0.242. The van der Waals surface area contributed by atoms with Gasteiger partial charge in [-0.2, -0.15) is 0 Å². The highest BCUT2D eigenvalue weighted by atomic mass is 16.2. The zero-order valence-electron chi connectivity index (χ0n) is 12.2. The van der Waals surface area contributed by atoms with Crippen LogP contribution in [0, 0.1) is 5.41 Å². The molecule has 1 amide bonds. The molecule has 0 fully saturated rings. The van der Waals surface area contributed by atoms with Crippen molar-refractivity contribution in [3.63, 3.8) is 0 Å². The summed E-state index contributed by atoms with van der Waals surface area (Å²) < 4.78 is 0. The fourth-order valence-electron chi connectivity index (χ4n) is 2.33. The van der Waals surface area contributed by atoms with E-state index < -0.39 is 0 Å². The van der Waals surface area contributed by atoms with Crippen LogP contribution in [0.3, 0.4) is 0 Å². The number of nitrogens with one attached hydrogen (secondary N) is 1. The second-order valence-electron chi connectivity index (χ2n) is 6.41. The number of fused-ring (bicyclic) bond motifs is 1. The van der Waals surface area contributed by atoms with Crippen LogP contribution >= 0.6 is 0 Å². The summed E-state index contributed by atoms with van der Waals surface area (Å²) in [6.45, 7) is 9.00. The molecule has 1 aromatic rings. The molecular weight excluding hydrogens is 236 g/mol. The van der Waals surface area contributed by atoms with E-state index >= 15 is 0 Å². The maximum Gasteiger partial charge on any atom is 0.227 e. The molecule has 19 heavy (non-hydrogen) atoms. The number of rotatable bonds is 2. The molecule has 0 aromatic heterocycles. The van der Waals surface area contributed by atoms with Gasteiger partial charge in [-0.25, -0.2) is 0 Å². The third-order valence-corrected chi connectivity index (χ3v) is 3.50. The van der Waals surface area contributed by atoms with E-state index in [1.165, 1.54) is 5.56 Å². The van der Waals surface area contributed by atoms with Crippen molar-refractivity contribution in [3.8, 4) is 0 Å². The number of carbonyl (C=O) groups excluding carboxylic acids is 1. The number of amides is 1. The van der Waals surface area contributed by atoms with E-state index in [4.69, 9.17) is 0 Å². The minimum atomic E-state index is 0.208. The molecule has 1 aliphatic heterocycles. The Hall–Kier alpha value is -1.35. The van der Waals surface area contributed by atoms with Gasteiger partial charge in [-0.3, -0.25) is 4.79 Å². The van der Waals surface area contributed by atoms with Crippen molar-refractivity contribution >= 4 is 11.6 Å². The van der Waals surface area contributed by atoms with Gasteiger partial charge in [0.25, 0.3) is 0 Å². The monoisotopic (exact) mass is 260 g/mol. The van der Waals surface area contributed by atoms with Crippen molar-refractivity contribution in [3.05, 3.63) is 29.8 Å². The Balaban J connectivity index is 2.13. The molecule has 0 saturated heterocycles. The SMILES string of the molecule is CC(C)(C)CCC(=O)N1CCNCc2ccccc21. The molecule has 0 bridgehead atoms. The first kappa shape index (κ1) is 14.1. The molecule has 0 spiro atoms. The molecule has 1 aromatic carbocycles. The molecular formula is C16H24N2O. The number of hydrogen-bond acceptors (Lipinski definition) is 2. The highest BCUT2D eigenvalue weighted by molar-refractivity contribution is 5.94. The predicted octanol–water partition coefficient (Wildman–Crippen LogP) is 2.95. The Morgan fingerprint density at radius 2 is 2.05 bits per heavy atom. The third-order valence-electron chi connectivity index (χ3n) is 3.50. The first-order valence-electron chi connectivity index (χ1n) is 7.06. The Labute approximate surface area is 116 Å². The fourth-order valence-corrected chi connectivity index (χ4v) is 2.33. The molecule has 0 saturated carbocycles. The molecule has 0 atom stereocenters. The number of benzene rings is 1. The van der Waals surface area contributed by atoms with Crippen LogP contribution in [-0.4, -0.2) is 19.0 Å². The Bertz CT molecular complexity index is 448. The maximum atomic E-state index is 12.5. The fraction of sp³-hybridized carbons (Fsp3) is 0.562. The minimum absolute atomic E-state index is 0.208. The molecule has 1 heterocycles. The standard InChI is InChI=1S/C16H24N2O/c1-16(2,3)9-8-15(19)18-11-10-17-12-13-6-4-5-7-14(13)18/h4-7,17H,8-12H2,1-3H3. The third kappa shape index (κ3) is 3.80. The summed E-state index contributed by atoms with van der Waals surface area (Å²) in [6.07, 6.45) is 1.55. The van der Waals surface area contributed by atoms with Crippen molar-refractivity contribution in [1.82, 2.24) is 5.32 Å². The van der Waals surface area contributed by atoms with Gasteiger partial charge in [0.1, 0.15) is 0 Å². The topological polar surface area (TPSA) is 32.3 Å². The van der Waals surface area contributed by atoms with Crippen LogP contribution in [-0.2, 0) is 11.3 Å². The lowest BCUT2D eigenvalue weighted by atomic mass is 9.90. The summed E-state index contributed by atoms with van der Waals surface area (Å²) >= 11 is 0. The van der Waals surface area contributed by atoms with Crippen molar-refractivity contribution in [2.24, 2.45) is 5.41 Å². The lowest BCUT2D eigenvalue weighted by Crippen LogP contribution is -2.35. The van der Waals surface area contributed by atoms with Crippen LogP contribution in [0.1, 0.15) is 39.2 Å². The zero-order chi connectivity index (χ0) is 13.9. The minimum Gasteiger partial charge on any atom is -0.311 e. The molecule has 2 rings (SSSR count). The van der Waals surface area contributed by atoms with Crippen LogP contribution in [0.2, 0.25) is 0 Å². The average molecular weight is 260 g/mol. The van der Waals surface area contributed by atoms with Crippen LogP contribution in [0.5, 0.6) is 0 Å². The molecule has 1 aliphatic rings. The van der Waals surface area contributed by atoms with Crippen molar-refractivity contribution in [1.29, 1.82) is 0 Å². The molecule has 3 heteroatoms. The highest BCUT2D eigenvalue weighted by Crippen LogP contribution is 2.25. The van der Waals surface area contributed by atoms with Gasteiger partial charge in [0.05, 0.1) is 0 Å². The molecule has 104 valence electrons. The number of anilines is 1. The predicted molar refractivity (Wildman–Crippen MR) is 79.2 cm³/mol. The van der Waals surface area contributed by atoms with E-state index in [-0.39, 0.29) is 11.3 Å². The van der Waals surface area contributed by atoms with Crippen LogP contribution in [0.15, 0.2) is 24.3 Å². The molecule has 1 N–H and O–H groups in total. The summed E-state index contributed by atoms with van der Waals surface area (Å²) in [7, 11) is 0. The number of nitrogens with zero attached hydrogens (tertiary/aromatic N) is 1.